The molecule has 2 aromatic carbocycles. The van der Waals surface area contributed by atoms with Crippen molar-refractivity contribution >= 4 is 17.5 Å². The van der Waals surface area contributed by atoms with Gasteiger partial charge in [-0.1, -0.05) is 24.3 Å². The summed E-state index contributed by atoms with van der Waals surface area (Å²) < 4.78 is 0. The summed E-state index contributed by atoms with van der Waals surface area (Å²) >= 11 is 0. The van der Waals surface area contributed by atoms with Crippen LogP contribution in [0.1, 0.15) is 28.3 Å². The summed E-state index contributed by atoms with van der Waals surface area (Å²) in [6, 6.07) is 15.9. The highest BCUT2D eigenvalue weighted by atomic mass is 16.4. The number of carboxylic acids is 1. The van der Waals surface area contributed by atoms with E-state index in [4.69, 9.17) is 10.8 Å². The molecule has 0 saturated carbocycles. The molecule has 7 nitrogen and oxygen atoms in total. The molecular weight excluding hydrogens is 356 g/mol. The zero-order valence-electron chi connectivity index (χ0n) is 15.1. The number of aromatic nitrogens is 2. The monoisotopic (exact) mass is 376 g/mol. The number of aromatic carboxylic acids is 1. The van der Waals surface area contributed by atoms with Gasteiger partial charge in [0.05, 0.1) is 16.9 Å². The Morgan fingerprint density at radius 3 is 2.57 bits per heavy atom. The maximum atomic E-state index is 11.0. The van der Waals surface area contributed by atoms with Gasteiger partial charge in [0.15, 0.2) is 5.82 Å². The molecule has 0 spiro atoms. The molecule has 2 heterocycles. The fourth-order valence-electron chi connectivity index (χ4n) is 3.62. The Balaban J connectivity index is 1.58. The molecule has 4 rings (SSSR count). The Kier molecular flexibility index (Phi) is 4.57. The number of hydrogen-bond donors (Lipinski definition) is 3. The van der Waals surface area contributed by atoms with E-state index in [1.54, 1.807) is 30.3 Å². The SMILES string of the molecule is Nc1nnc(-c2ccccc2O)cc1N1CC[C@H](c2ccc(C(=O)O)cc2)C1. The lowest BCUT2D eigenvalue weighted by Crippen LogP contribution is -2.21. The van der Waals surface area contributed by atoms with Crippen LogP contribution >= 0.6 is 0 Å². The van der Waals surface area contributed by atoms with Crippen LogP contribution in [0.4, 0.5) is 11.5 Å². The van der Waals surface area contributed by atoms with E-state index >= 15 is 0 Å². The van der Waals surface area contributed by atoms with Crippen LogP contribution in [0.25, 0.3) is 11.3 Å². The van der Waals surface area contributed by atoms with Crippen molar-refractivity contribution in [1.82, 2.24) is 10.2 Å². The van der Waals surface area contributed by atoms with E-state index in [1.165, 1.54) is 0 Å². The number of anilines is 2. The largest absolute Gasteiger partial charge is 0.507 e. The Morgan fingerprint density at radius 2 is 1.86 bits per heavy atom. The highest BCUT2D eigenvalue weighted by Gasteiger charge is 2.26. The summed E-state index contributed by atoms with van der Waals surface area (Å²) in [7, 11) is 0. The summed E-state index contributed by atoms with van der Waals surface area (Å²) in [6.45, 7) is 1.56. The van der Waals surface area contributed by atoms with Gasteiger partial charge in [0.2, 0.25) is 0 Å². The maximum Gasteiger partial charge on any atom is 0.335 e. The van der Waals surface area contributed by atoms with E-state index in [9.17, 15) is 9.90 Å². The van der Waals surface area contributed by atoms with E-state index in [0.717, 1.165) is 30.8 Å². The first-order valence-electron chi connectivity index (χ1n) is 9.02. The summed E-state index contributed by atoms with van der Waals surface area (Å²) in [5, 5.41) is 27.3. The summed E-state index contributed by atoms with van der Waals surface area (Å²) in [6.07, 6.45) is 0.931. The molecule has 1 atom stereocenters. The Bertz CT molecular complexity index is 1020. The van der Waals surface area contributed by atoms with Crippen LogP contribution in [-0.2, 0) is 0 Å². The smallest absolute Gasteiger partial charge is 0.335 e. The van der Waals surface area contributed by atoms with E-state index in [0.29, 0.717) is 17.1 Å². The minimum Gasteiger partial charge on any atom is -0.507 e. The molecule has 1 fully saturated rings. The number of hydrogen-bond acceptors (Lipinski definition) is 6. The number of benzene rings is 2. The first kappa shape index (κ1) is 17.8. The summed E-state index contributed by atoms with van der Waals surface area (Å²) in [4.78, 5) is 13.2. The van der Waals surface area contributed by atoms with Gasteiger partial charge in [-0.05, 0) is 42.3 Å². The number of nitrogen functional groups attached to an aromatic ring is 1. The van der Waals surface area contributed by atoms with Gasteiger partial charge in [-0.25, -0.2) is 4.79 Å². The van der Waals surface area contributed by atoms with Gasteiger partial charge in [0.1, 0.15) is 5.75 Å². The Hall–Kier alpha value is -3.61. The number of rotatable bonds is 4. The first-order valence-corrected chi connectivity index (χ1v) is 9.02. The van der Waals surface area contributed by atoms with Crippen molar-refractivity contribution < 1.29 is 15.0 Å². The van der Waals surface area contributed by atoms with Gasteiger partial charge >= 0.3 is 5.97 Å². The second-order valence-corrected chi connectivity index (χ2v) is 6.88. The lowest BCUT2D eigenvalue weighted by molar-refractivity contribution is 0.0697. The Morgan fingerprint density at radius 1 is 1.11 bits per heavy atom. The molecule has 0 unspecified atom stereocenters. The van der Waals surface area contributed by atoms with Gasteiger partial charge in [-0.2, -0.15) is 0 Å². The molecule has 0 bridgehead atoms. The molecule has 28 heavy (non-hydrogen) atoms. The normalized spacial score (nSPS) is 16.3. The average molecular weight is 376 g/mol. The predicted molar refractivity (Wildman–Crippen MR) is 107 cm³/mol. The van der Waals surface area contributed by atoms with E-state index in [1.807, 2.05) is 24.3 Å². The van der Waals surface area contributed by atoms with Crippen molar-refractivity contribution in [1.29, 1.82) is 0 Å². The lowest BCUT2D eigenvalue weighted by Gasteiger charge is -2.20. The Labute approximate surface area is 162 Å². The van der Waals surface area contributed by atoms with Crippen LogP contribution in [0.2, 0.25) is 0 Å². The number of carbonyl (C=O) groups is 1. The number of phenols is 1. The van der Waals surface area contributed by atoms with Crippen molar-refractivity contribution in [3.63, 3.8) is 0 Å². The minimum absolute atomic E-state index is 0.144. The molecule has 0 amide bonds. The quantitative estimate of drug-likeness (QED) is 0.641. The third-order valence-corrected chi connectivity index (χ3v) is 5.14. The van der Waals surface area contributed by atoms with E-state index in [2.05, 4.69) is 15.1 Å². The van der Waals surface area contributed by atoms with Crippen LogP contribution in [0, 0.1) is 0 Å². The third-order valence-electron chi connectivity index (χ3n) is 5.14. The molecule has 0 aliphatic carbocycles. The second kappa shape index (κ2) is 7.19. The summed E-state index contributed by atoms with van der Waals surface area (Å²) in [5.41, 5.74) is 9.43. The van der Waals surface area contributed by atoms with E-state index in [-0.39, 0.29) is 17.2 Å². The molecule has 0 radical (unpaired) electrons. The number of para-hydroxylation sites is 1. The van der Waals surface area contributed by atoms with Crippen LogP contribution in [0.5, 0.6) is 5.75 Å². The molecule has 142 valence electrons. The fourth-order valence-corrected chi connectivity index (χ4v) is 3.62. The van der Waals surface area contributed by atoms with Gasteiger partial charge < -0.3 is 20.8 Å². The van der Waals surface area contributed by atoms with Crippen LogP contribution in [-0.4, -0.2) is 39.5 Å². The minimum atomic E-state index is -0.924. The van der Waals surface area contributed by atoms with Crippen molar-refractivity contribution in [3.8, 4) is 17.0 Å². The predicted octanol–water partition coefficient (Wildman–Crippen LogP) is 3.12. The third kappa shape index (κ3) is 3.34. The van der Waals surface area contributed by atoms with Crippen molar-refractivity contribution in [2.24, 2.45) is 0 Å². The molecule has 1 aliphatic rings. The van der Waals surface area contributed by atoms with Gasteiger partial charge in [0.25, 0.3) is 0 Å². The zero-order valence-corrected chi connectivity index (χ0v) is 15.1. The molecule has 1 aliphatic heterocycles. The van der Waals surface area contributed by atoms with Gasteiger partial charge in [0, 0.05) is 24.6 Å². The van der Waals surface area contributed by atoms with E-state index < -0.39 is 5.97 Å². The lowest BCUT2D eigenvalue weighted by atomic mass is 9.97. The molecule has 4 N–H and O–H groups in total. The zero-order chi connectivity index (χ0) is 19.7. The van der Waals surface area contributed by atoms with Crippen molar-refractivity contribution in [2.75, 3.05) is 23.7 Å². The van der Waals surface area contributed by atoms with Crippen LogP contribution < -0.4 is 10.6 Å². The molecule has 1 saturated heterocycles. The highest BCUT2D eigenvalue weighted by molar-refractivity contribution is 5.87. The second-order valence-electron chi connectivity index (χ2n) is 6.88. The highest BCUT2D eigenvalue weighted by Crippen LogP contribution is 2.35. The molecular formula is C21H20N4O3. The summed E-state index contributed by atoms with van der Waals surface area (Å²) in [5.74, 6) is -0.151. The van der Waals surface area contributed by atoms with Crippen LogP contribution in [0.15, 0.2) is 54.6 Å². The number of phenolic OH excluding ortho intramolecular Hbond substituents is 1. The number of carboxylic acid groups (broad SMARTS) is 1. The van der Waals surface area contributed by atoms with Gasteiger partial charge in [-0.15, -0.1) is 10.2 Å². The average Bonchev–Trinajstić information content (AvgIpc) is 3.19. The molecule has 1 aromatic heterocycles. The molecule has 7 heteroatoms. The number of nitrogens with zero attached hydrogens (tertiary/aromatic N) is 3. The van der Waals surface area contributed by atoms with Crippen LogP contribution in [0.3, 0.4) is 0 Å². The van der Waals surface area contributed by atoms with Crippen molar-refractivity contribution in [2.45, 2.75) is 12.3 Å². The first-order chi connectivity index (χ1) is 13.5. The number of aromatic hydroxyl groups is 1. The fraction of sp³-hybridized carbons (Fsp3) is 0.190. The number of nitrogens with two attached hydrogens (primary N) is 1. The maximum absolute atomic E-state index is 11.0. The van der Waals surface area contributed by atoms with Crippen molar-refractivity contribution in [3.05, 3.63) is 65.7 Å². The van der Waals surface area contributed by atoms with Gasteiger partial charge in [-0.3, -0.25) is 0 Å². The molecule has 3 aromatic rings. The topological polar surface area (TPSA) is 113 Å². The standard InChI is InChI=1S/C21H20N4O3/c22-20-18(11-17(23-24-20)16-3-1-2-4-19(16)26)25-10-9-15(12-25)13-5-7-14(8-6-13)21(27)28/h1-8,11,15,26H,9-10,12H2,(H2,22,24)(H,27,28)/t15-/m0/s1.